The third kappa shape index (κ3) is 4.46. The number of rotatable bonds is 7. The van der Waals surface area contributed by atoms with E-state index in [2.05, 4.69) is 0 Å². The predicted molar refractivity (Wildman–Crippen MR) is 108 cm³/mol. The van der Waals surface area contributed by atoms with E-state index in [4.69, 9.17) is 0 Å². The molecule has 0 atom stereocenters. The minimum atomic E-state index is -0.483. The molecule has 1 heterocycles. The molecule has 1 aliphatic rings. The van der Waals surface area contributed by atoms with Crippen LogP contribution in [0.4, 0.5) is 0 Å². The van der Waals surface area contributed by atoms with Gasteiger partial charge < -0.3 is 10.2 Å². The Bertz CT molecular complexity index is 846. The lowest BCUT2D eigenvalue weighted by molar-refractivity contribution is 0.0949. The summed E-state index contributed by atoms with van der Waals surface area (Å²) in [6, 6.07) is 7.01. The minimum absolute atomic E-state index is 0.153. The fourth-order valence-electron chi connectivity index (χ4n) is 4.17. The van der Waals surface area contributed by atoms with Crippen molar-refractivity contribution in [1.29, 1.82) is 0 Å². The van der Waals surface area contributed by atoms with Crippen LogP contribution >= 0.6 is 0 Å². The number of hydrogen-bond acceptors (Lipinski definition) is 4. The number of hydrogen-bond donors (Lipinski definition) is 2. The summed E-state index contributed by atoms with van der Waals surface area (Å²) in [6.07, 6.45) is 10.8. The Kier molecular flexibility index (Phi) is 6.55. The number of aromatic nitrogens is 1. The van der Waals surface area contributed by atoms with Crippen molar-refractivity contribution in [2.75, 3.05) is 0 Å². The van der Waals surface area contributed by atoms with E-state index in [1.807, 2.05) is 6.07 Å². The molecule has 0 amide bonds. The van der Waals surface area contributed by atoms with E-state index in [0.29, 0.717) is 5.56 Å². The zero-order valence-corrected chi connectivity index (χ0v) is 16.5. The van der Waals surface area contributed by atoms with Gasteiger partial charge in [0, 0.05) is 12.0 Å². The fourth-order valence-corrected chi connectivity index (χ4v) is 4.17. The van der Waals surface area contributed by atoms with Gasteiger partial charge in [-0.05, 0) is 30.9 Å². The molecule has 1 saturated carbocycles. The first-order chi connectivity index (χ1) is 13.5. The highest BCUT2D eigenvalue weighted by atomic mass is 16.3. The molecule has 0 radical (unpaired) electrons. The number of nitrogens with zero attached hydrogens (tertiary/aromatic N) is 1. The molecule has 5 nitrogen and oxygen atoms in total. The van der Waals surface area contributed by atoms with Gasteiger partial charge in [-0.1, -0.05) is 63.1 Å². The molecular formula is C23H29NO4. The lowest BCUT2D eigenvalue weighted by Crippen LogP contribution is -2.12. The minimum Gasteiger partial charge on any atom is -0.505 e. The highest BCUT2D eigenvalue weighted by Crippen LogP contribution is 2.33. The normalized spacial score (nSPS) is 14.9. The largest absolute Gasteiger partial charge is 0.505 e. The van der Waals surface area contributed by atoms with E-state index in [0.717, 1.165) is 41.5 Å². The van der Waals surface area contributed by atoms with Crippen LogP contribution in [0.25, 0.3) is 0 Å². The summed E-state index contributed by atoms with van der Waals surface area (Å²) in [5.74, 6) is -0.851. The van der Waals surface area contributed by atoms with E-state index in [9.17, 15) is 19.8 Å². The van der Waals surface area contributed by atoms with Gasteiger partial charge in [0.15, 0.2) is 5.78 Å². The van der Waals surface area contributed by atoms with Crippen molar-refractivity contribution >= 4 is 11.7 Å². The van der Waals surface area contributed by atoms with Gasteiger partial charge in [0.2, 0.25) is 5.88 Å². The number of carbonyl (C=O) groups is 2. The lowest BCUT2D eigenvalue weighted by atomic mass is 9.85. The number of ketones is 1. The van der Waals surface area contributed by atoms with Gasteiger partial charge >= 0.3 is 0 Å². The number of Topliss-reactive ketones (excluding diaryl/α,β-unsaturated/α-hetero) is 1. The van der Waals surface area contributed by atoms with Gasteiger partial charge in [0.25, 0.3) is 5.91 Å². The number of unbranched alkanes of at least 4 members (excludes halogenated alkanes) is 1. The molecule has 0 unspecified atom stereocenters. The molecule has 150 valence electrons. The molecule has 3 rings (SSSR count). The number of aryl methyl sites for hydroxylation is 1. The molecule has 1 aliphatic carbocycles. The maximum absolute atomic E-state index is 12.7. The smallest absolute Gasteiger partial charge is 0.265 e. The van der Waals surface area contributed by atoms with Crippen LogP contribution in [-0.2, 0) is 0 Å². The van der Waals surface area contributed by atoms with Crippen LogP contribution in [-0.4, -0.2) is 26.5 Å². The monoisotopic (exact) mass is 383 g/mol. The Balaban J connectivity index is 1.63. The zero-order chi connectivity index (χ0) is 20.1. The van der Waals surface area contributed by atoms with Crippen LogP contribution in [0.2, 0.25) is 0 Å². The standard InChI is InChI=1S/C23H29NO4/c1-16-9-5-7-13-18(16)22(27)24-15-20(26)21(23(24)28)19(25)14-8-6-12-17-10-3-2-4-11-17/h5,7,9,13,15,17,26,28H,2-4,6,8,10-12,14H2,1H3. The maximum Gasteiger partial charge on any atom is 0.265 e. The van der Waals surface area contributed by atoms with Gasteiger partial charge in [-0.15, -0.1) is 0 Å². The maximum atomic E-state index is 12.7. The Morgan fingerprint density at radius 2 is 1.79 bits per heavy atom. The van der Waals surface area contributed by atoms with E-state index < -0.39 is 11.8 Å². The van der Waals surface area contributed by atoms with Gasteiger partial charge in [0.05, 0.1) is 6.20 Å². The number of carbonyl (C=O) groups excluding carboxylic acids is 2. The quantitative estimate of drug-likeness (QED) is 0.507. The molecule has 2 N–H and O–H groups in total. The lowest BCUT2D eigenvalue weighted by Gasteiger charge is -2.21. The molecule has 1 fully saturated rings. The summed E-state index contributed by atoms with van der Waals surface area (Å²) in [7, 11) is 0. The van der Waals surface area contributed by atoms with Crippen molar-refractivity contribution in [2.45, 2.75) is 64.7 Å². The van der Waals surface area contributed by atoms with Crippen molar-refractivity contribution in [2.24, 2.45) is 5.92 Å². The van der Waals surface area contributed by atoms with Crippen LogP contribution in [0, 0.1) is 12.8 Å². The Morgan fingerprint density at radius 3 is 2.50 bits per heavy atom. The summed E-state index contributed by atoms with van der Waals surface area (Å²) in [5.41, 5.74) is 1.02. The number of benzene rings is 1. The third-order valence-corrected chi connectivity index (χ3v) is 5.82. The van der Waals surface area contributed by atoms with Crippen molar-refractivity contribution in [3.05, 3.63) is 47.2 Å². The van der Waals surface area contributed by atoms with Crippen molar-refractivity contribution in [1.82, 2.24) is 4.57 Å². The molecule has 5 heteroatoms. The van der Waals surface area contributed by atoms with Crippen molar-refractivity contribution in [3.8, 4) is 11.6 Å². The van der Waals surface area contributed by atoms with Crippen molar-refractivity contribution in [3.63, 3.8) is 0 Å². The summed E-state index contributed by atoms with van der Waals surface area (Å²) < 4.78 is 0.951. The number of aromatic hydroxyl groups is 2. The molecule has 0 bridgehead atoms. The summed E-state index contributed by atoms with van der Waals surface area (Å²) in [4.78, 5) is 25.2. The zero-order valence-electron chi connectivity index (χ0n) is 16.5. The van der Waals surface area contributed by atoms with Gasteiger partial charge in [0.1, 0.15) is 11.3 Å². The molecular weight excluding hydrogens is 354 g/mol. The predicted octanol–water partition coefficient (Wildman–Crippen LogP) is 5.22. The first-order valence-electron chi connectivity index (χ1n) is 10.3. The molecule has 28 heavy (non-hydrogen) atoms. The van der Waals surface area contributed by atoms with Crippen LogP contribution in [0.1, 0.15) is 84.1 Å². The molecule has 0 saturated heterocycles. The van der Waals surface area contributed by atoms with Crippen LogP contribution in [0.5, 0.6) is 11.6 Å². The molecule has 2 aromatic rings. The summed E-state index contributed by atoms with van der Waals surface area (Å²) in [6.45, 7) is 1.80. The van der Waals surface area contributed by atoms with Crippen molar-refractivity contribution < 1.29 is 19.8 Å². The molecule has 0 spiro atoms. The summed E-state index contributed by atoms with van der Waals surface area (Å²) >= 11 is 0. The van der Waals surface area contributed by atoms with Gasteiger partial charge in [-0.3, -0.25) is 9.59 Å². The van der Waals surface area contributed by atoms with E-state index in [1.54, 1.807) is 25.1 Å². The highest BCUT2D eigenvalue weighted by Gasteiger charge is 2.25. The highest BCUT2D eigenvalue weighted by molar-refractivity contribution is 6.05. The second-order valence-electron chi connectivity index (χ2n) is 7.88. The SMILES string of the molecule is Cc1ccccc1C(=O)n1cc(O)c(C(=O)CCCCC2CCCCC2)c1O. The molecule has 0 aliphatic heterocycles. The van der Waals surface area contributed by atoms with E-state index in [1.165, 1.54) is 32.1 Å². The first-order valence-corrected chi connectivity index (χ1v) is 10.3. The van der Waals surface area contributed by atoms with Crippen LogP contribution < -0.4 is 0 Å². The topological polar surface area (TPSA) is 79.5 Å². The van der Waals surface area contributed by atoms with Crippen LogP contribution in [0.3, 0.4) is 0 Å². The fraction of sp³-hybridized carbons (Fsp3) is 0.478. The Labute approximate surface area is 166 Å². The second kappa shape index (κ2) is 9.09. The first kappa shape index (κ1) is 20.2. The summed E-state index contributed by atoms with van der Waals surface area (Å²) in [5, 5.41) is 20.6. The second-order valence-corrected chi connectivity index (χ2v) is 7.88. The van der Waals surface area contributed by atoms with Gasteiger partial charge in [-0.25, -0.2) is 4.57 Å². The van der Waals surface area contributed by atoms with Gasteiger partial charge in [-0.2, -0.15) is 0 Å². The third-order valence-electron chi connectivity index (χ3n) is 5.82. The molecule has 1 aromatic heterocycles. The average Bonchev–Trinajstić information content (AvgIpc) is 3.00. The van der Waals surface area contributed by atoms with E-state index >= 15 is 0 Å². The average molecular weight is 383 g/mol. The van der Waals surface area contributed by atoms with E-state index in [-0.39, 0.29) is 23.5 Å². The molecule has 1 aromatic carbocycles. The Morgan fingerprint density at radius 1 is 1.07 bits per heavy atom. The van der Waals surface area contributed by atoms with Crippen LogP contribution in [0.15, 0.2) is 30.5 Å². The Hall–Kier alpha value is -2.56.